The zero-order chi connectivity index (χ0) is 18.4. The lowest BCUT2D eigenvalue weighted by Crippen LogP contribution is -2.53. The third-order valence-corrected chi connectivity index (χ3v) is 5.41. The molecule has 2 fully saturated rings. The highest BCUT2D eigenvalue weighted by molar-refractivity contribution is 5.82. The van der Waals surface area contributed by atoms with Gasteiger partial charge < -0.3 is 20.3 Å². The molecule has 26 heavy (non-hydrogen) atoms. The van der Waals surface area contributed by atoms with Crippen LogP contribution in [-0.4, -0.2) is 60.4 Å². The van der Waals surface area contributed by atoms with Crippen LogP contribution in [0.25, 0.3) is 0 Å². The van der Waals surface area contributed by atoms with Gasteiger partial charge in [0.25, 0.3) is 5.91 Å². The zero-order valence-electron chi connectivity index (χ0n) is 15.3. The zero-order valence-corrected chi connectivity index (χ0v) is 15.3. The molecule has 0 saturated carbocycles. The van der Waals surface area contributed by atoms with Gasteiger partial charge in [-0.3, -0.25) is 9.59 Å². The van der Waals surface area contributed by atoms with E-state index in [1.807, 2.05) is 35.2 Å². The van der Waals surface area contributed by atoms with Crippen LogP contribution < -0.4 is 10.5 Å². The summed E-state index contributed by atoms with van der Waals surface area (Å²) < 4.78 is 5.56. The molecule has 3 rings (SSSR count). The number of amides is 2. The molecule has 0 aliphatic carbocycles. The summed E-state index contributed by atoms with van der Waals surface area (Å²) in [6, 6.07) is 9.48. The lowest BCUT2D eigenvalue weighted by molar-refractivity contribution is -0.144. The maximum Gasteiger partial charge on any atom is 0.260 e. The predicted octanol–water partition coefficient (Wildman–Crippen LogP) is 1.64. The molecule has 0 bridgehead atoms. The molecule has 0 spiro atoms. The largest absolute Gasteiger partial charge is 0.484 e. The standard InChI is InChI=1S/C20H29N3O3/c21-13-17-8-4-5-12-23(17)20(25)16-7-6-11-22(14-16)19(24)15-26-18-9-2-1-3-10-18/h1-3,9-10,16-17H,4-8,11-15,21H2. The van der Waals surface area contributed by atoms with Crippen molar-refractivity contribution in [1.82, 2.24) is 9.80 Å². The number of piperidine rings is 2. The van der Waals surface area contributed by atoms with E-state index >= 15 is 0 Å². The normalized spacial score (nSPS) is 23.6. The number of likely N-dealkylation sites (tertiary alicyclic amines) is 2. The number of nitrogens with two attached hydrogens (primary N) is 1. The third-order valence-electron chi connectivity index (χ3n) is 5.41. The van der Waals surface area contributed by atoms with Crippen molar-refractivity contribution >= 4 is 11.8 Å². The Balaban J connectivity index is 1.54. The van der Waals surface area contributed by atoms with Crippen molar-refractivity contribution in [3.05, 3.63) is 30.3 Å². The first kappa shape index (κ1) is 18.7. The van der Waals surface area contributed by atoms with Crippen LogP contribution in [0, 0.1) is 5.92 Å². The number of carbonyl (C=O) groups is 2. The first-order valence-corrected chi connectivity index (χ1v) is 9.65. The summed E-state index contributed by atoms with van der Waals surface area (Å²) in [5, 5.41) is 0. The number of hydrogen-bond acceptors (Lipinski definition) is 4. The average Bonchev–Trinajstić information content (AvgIpc) is 2.72. The lowest BCUT2D eigenvalue weighted by atomic mass is 9.93. The molecule has 2 saturated heterocycles. The molecule has 2 aliphatic heterocycles. The lowest BCUT2D eigenvalue weighted by Gasteiger charge is -2.40. The summed E-state index contributed by atoms with van der Waals surface area (Å²) in [7, 11) is 0. The van der Waals surface area contributed by atoms with Crippen LogP contribution in [0.5, 0.6) is 5.75 Å². The van der Waals surface area contributed by atoms with E-state index in [0.717, 1.165) is 38.6 Å². The minimum absolute atomic E-state index is 0.0140. The quantitative estimate of drug-likeness (QED) is 0.867. The Morgan fingerprint density at radius 2 is 1.88 bits per heavy atom. The van der Waals surface area contributed by atoms with Gasteiger partial charge in [-0.2, -0.15) is 0 Å². The molecule has 2 unspecified atom stereocenters. The van der Waals surface area contributed by atoms with Crippen LogP contribution in [0.2, 0.25) is 0 Å². The summed E-state index contributed by atoms with van der Waals surface area (Å²) in [5.41, 5.74) is 5.86. The van der Waals surface area contributed by atoms with Gasteiger partial charge in [0.15, 0.2) is 6.61 Å². The van der Waals surface area contributed by atoms with Crippen molar-refractivity contribution in [3.8, 4) is 5.75 Å². The number of rotatable bonds is 5. The monoisotopic (exact) mass is 359 g/mol. The van der Waals surface area contributed by atoms with Crippen LogP contribution in [0.3, 0.4) is 0 Å². The average molecular weight is 359 g/mol. The molecule has 2 N–H and O–H groups in total. The second-order valence-corrected chi connectivity index (χ2v) is 7.20. The van der Waals surface area contributed by atoms with E-state index in [0.29, 0.717) is 25.4 Å². The highest BCUT2D eigenvalue weighted by Crippen LogP contribution is 2.24. The predicted molar refractivity (Wildman–Crippen MR) is 99.6 cm³/mol. The van der Waals surface area contributed by atoms with Gasteiger partial charge in [-0.25, -0.2) is 0 Å². The van der Waals surface area contributed by atoms with Gasteiger partial charge in [-0.15, -0.1) is 0 Å². The summed E-state index contributed by atoms with van der Waals surface area (Å²) in [6.07, 6.45) is 4.87. The van der Waals surface area contributed by atoms with E-state index in [-0.39, 0.29) is 30.4 Å². The highest BCUT2D eigenvalue weighted by Gasteiger charge is 2.34. The highest BCUT2D eigenvalue weighted by atomic mass is 16.5. The van der Waals surface area contributed by atoms with Gasteiger partial charge in [0.2, 0.25) is 5.91 Å². The topological polar surface area (TPSA) is 75.9 Å². The molecule has 0 aromatic heterocycles. The molecule has 2 heterocycles. The van der Waals surface area contributed by atoms with Crippen LogP contribution in [0.4, 0.5) is 0 Å². The second kappa shape index (κ2) is 9.03. The first-order chi connectivity index (χ1) is 12.7. The minimum atomic E-state index is -0.114. The number of benzene rings is 1. The van der Waals surface area contributed by atoms with Crippen molar-refractivity contribution in [2.45, 2.75) is 38.1 Å². The van der Waals surface area contributed by atoms with Gasteiger partial charge in [-0.1, -0.05) is 18.2 Å². The van der Waals surface area contributed by atoms with Gasteiger partial charge in [0.05, 0.1) is 5.92 Å². The molecule has 0 radical (unpaired) electrons. The molecule has 2 atom stereocenters. The molecular weight excluding hydrogens is 330 g/mol. The summed E-state index contributed by atoms with van der Waals surface area (Å²) in [6.45, 7) is 2.51. The van der Waals surface area contributed by atoms with Gasteiger partial charge in [0, 0.05) is 32.2 Å². The molecule has 2 amide bonds. The Morgan fingerprint density at radius 1 is 1.08 bits per heavy atom. The van der Waals surface area contributed by atoms with Gasteiger partial charge in [-0.05, 0) is 44.2 Å². The first-order valence-electron chi connectivity index (χ1n) is 9.65. The molecule has 2 aliphatic rings. The Kier molecular flexibility index (Phi) is 6.50. The van der Waals surface area contributed by atoms with Gasteiger partial charge >= 0.3 is 0 Å². The second-order valence-electron chi connectivity index (χ2n) is 7.20. The fraction of sp³-hybridized carbons (Fsp3) is 0.600. The van der Waals surface area contributed by atoms with E-state index in [1.54, 1.807) is 4.90 Å². The third kappa shape index (κ3) is 4.55. The smallest absolute Gasteiger partial charge is 0.260 e. The molecule has 1 aromatic carbocycles. The van der Waals surface area contributed by atoms with Gasteiger partial charge in [0.1, 0.15) is 5.75 Å². The van der Waals surface area contributed by atoms with Crippen LogP contribution >= 0.6 is 0 Å². The molecular formula is C20H29N3O3. The number of carbonyl (C=O) groups excluding carboxylic acids is 2. The van der Waals surface area contributed by atoms with E-state index < -0.39 is 0 Å². The van der Waals surface area contributed by atoms with Crippen molar-refractivity contribution in [3.63, 3.8) is 0 Å². The fourth-order valence-corrected chi connectivity index (χ4v) is 3.93. The number of nitrogens with zero attached hydrogens (tertiary/aromatic N) is 2. The van der Waals surface area contributed by atoms with Crippen LogP contribution in [-0.2, 0) is 9.59 Å². The van der Waals surface area contributed by atoms with E-state index in [2.05, 4.69) is 0 Å². The Hall–Kier alpha value is -2.08. The number of para-hydroxylation sites is 1. The molecule has 142 valence electrons. The summed E-state index contributed by atoms with van der Waals surface area (Å²) >= 11 is 0. The van der Waals surface area contributed by atoms with Crippen LogP contribution in [0.15, 0.2) is 30.3 Å². The van der Waals surface area contributed by atoms with E-state index in [9.17, 15) is 9.59 Å². The number of ether oxygens (including phenoxy) is 1. The Bertz CT molecular complexity index is 608. The Morgan fingerprint density at radius 3 is 2.65 bits per heavy atom. The van der Waals surface area contributed by atoms with Crippen molar-refractivity contribution < 1.29 is 14.3 Å². The minimum Gasteiger partial charge on any atom is -0.484 e. The van der Waals surface area contributed by atoms with Crippen LogP contribution in [0.1, 0.15) is 32.1 Å². The molecule has 6 heteroatoms. The SMILES string of the molecule is NCC1CCCCN1C(=O)C1CCCN(C(=O)COc2ccccc2)C1. The fourth-order valence-electron chi connectivity index (χ4n) is 3.93. The maximum absolute atomic E-state index is 13.0. The summed E-state index contributed by atoms with van der Waals surface area (Å²) in [5.74, 6) is 0.683. The maximum atomic E-state index is 13.0. The van der Waals surface area contributed by atoms with Crippen molar-refractivity contribution in [2.24, 2.45) is 11.7 Å². The van der Waals surface area contributed by atoms with Crippen molar-refractivity contribution in [2.75, 3.05) is 32.8 Å². The summed E-state index contributed by atoms with van der Waals surface area (Å²) in [4.78, 5) is 29.2. The van der Waals surface area contributed by atoms with E-state index in [4.69, 9.17) is 10.5 Å². The van der Waals surface area contributed by atoms with Crippen molar-refractivity contribution in [1.29, 1.82) is 0 Å². The molecule has 6 nitrogen and oxygen atoms in total. The van der Waals surface area contributed by atoms with E-state index in [1.165, 1.54) is 0 Å². The molecule has 1 aromatic rings. The Labute approximate surface area is 155 Å². The number of hydrogen-bond donors (Lipinski definition) is 1.